The van der Waals surface area contributed by atoms with Gasteiger partial charge in [0, 0.05) is 57.2 Å². The minimum absolute atomic E-state index is 0.0236. The lowest BCUT2D eigenvalue weighted by Gasteiger charge is -2.33. The van der Waals surface area contributed by atoms with E-state index in [1.54, 1.807) is 0 Å². The molecule has 2 saturated heterocycles. The first-order chi connectivity index (χ1) is 10.1. The summed E-state index contributed by atoms with van der Waals surface area (Å²) in [5.41, 5.74) is 1.30. The largest absolute Gasteiger partial charge is 0.484 e. The topological polar surface area (TPSA) is 40.6 Å². The number of aromatic nitrogens is 1. The van der Waals surface area contributed by atoms with Crippen molar-refractivity contribution in [1.82, 2.24) is 15.2 Å². The fourth-order valence-corrected chi connectivity index (χ4v) is 3.80. The molecule has 3 aliphatic rings. The van der Waals surface area contributed by atoms with Crippen molar-refractivity contribution in [3.05, 3.63) is 17.8 Å². The van der Waals surface area contributed by atoms with E-state index in [1.807, 2.05) is 6.20 Å². The zero-order chi connectivity index (χ0) is 14.4. The number of pyridine rings is 1. The van der Waals surface area contributed by atoms with Crippen molar-refractivity contribution >= 4 is 5.82 Å². The van der Waals surface area contributed by atoms with Crippen molar-refractivity contribution in [2.45, 2.75) is 31.4 Å². The molecule has 0 radical (unpaired) electrons. The maximum absolute atomic E-state index is 6.23. The Labute approximate surface area is 126 Å². The molecular weight excluding hydrogens is 264 g/mol. The van der Waals surface area contributed by atoms with Gasteiger partial charge in [-0.1, -0.05) is 0 Å². The van der Waals surface area contributed by atoms with Gasteiger partial charge in [0.05, 0.1) is 6.20 Å². The zero-order valence-electron chi connectivity index (χ0n) is 12.9. The molecule has 4 heterocycles. The monoisotopic (exact) mass is 288 g/mol. The van der Waals surface area contributed by atoms with Gasteiger partial charge in [0.1, 0.15) is 17.2 Å². The third-order valence-electron chi connectivity index (χ3n) is 5.05. The fraction of sp³-hybridized carbons (Fsp3) is 0.688. The van der Waals surface area contributed by atoms with E-state index in [2.05, 4.69) is 40.1 Å². The Hall–Kier alpha value is -1.33. The van der Waals surface area contributed by atoms with Crippen LogP contribution in [0, 0.1) is 0 Å². The summed E-state index contributed by atoms with van der Waals surface area (Å²) in [6.07, 6.45) is 4.04. The Morgan fingerprint density at radius 2 is 2.14 bits per heavy atom. The van der Waals surface area contributed by atoms with Crippen LogP contribution in [0.1, 0.15) is 18.9 Å². The lowest BCUT2D eigenvalue weighted by molar-refractivity contribution is 0.115. The number of nitrogens with one attached hydrogen (secondary N) is 1. The summed E-state index contributed by atoms with van der Waals surface area (Å²) >= 11 is 0. The molecule has 2 fully saturated rings. The van der Waals surface area contributed by atoms with E-state index in [0.29, 0.717) is 6.04 Å². The number of hydrogen-bond donors (Lipinski definition) is 1. The van der Waals surface area contributed by atoms with Crippen molar-refractivity contribution in [3.8, 4) is 5.75 Å². The predicted octanol–water partition coefficient (Wildman–Crippen LogP) is 0.889. The Morgan fingerprint density at radius 3 is 2.86 bits per heavy atom. The quantitative estimate of drug-likeness (QED) is 0.831. The van der Waals surface area contributed by atoms with E-state index in [-0.39, 0.29) is 5.60 Å². The molecule has 0 aliphatic carbocycles. The molecule has 2 atom stereocenters. The number of ether oxygens (including phenoxy) is 1. The normalized spacial score (nSPS) is 32.5. The van der Waals surface area contributed by atoms with Crippen LogP contribution in [0.15, 0.2) is 12.3 Å². The summed E-state index contributed by atoms with van der Waals surface area (Å²) in [7, 11) is 2.18. The van der Waals surface area contributed by atoms with Gasteiger partial charge in [-0.25, -0.2) is 4.98 Å². The highest BCUT2D eigenvalue weighted by Gasteiger charge is 2.44. The Bertz CT molecular complexity index is 541. The van der Waals surface area contributed by atoms with Crippen LogP contribution in [0.25, 0.3) is 0 Å². The summed E-state index contributed by atoms with van der Waals surface area (Å²) < 4.78 is 6.23. The molecule has 0 unspecified atom stereocenters. The maximum Gasteiger partial charge on any atom is 0.142 e. The van der Waals surface area contributed by atoms with Gasteiger partial charge in [0.2, 0.25) is 0 Å². The summed E-state index contributed by atoms with van der Waals surface area (Å²) in [6, 6.07) is 2.79. The van der Waals surface area contributed by atoms with Crippen molar-refractivity contribution < 1.29 is 4.74 Å². The second-order valence-electron chi connectivity index (χ2n) is 6.89. The van der Waals surface area contributed by atoms with Crippen LogP contribution < -0.4 is 15.0 Å². The molecule has 3 aliphatic heterocycles. The average molecular weight is 288 g/mol. The van der Waals surface area contributed by atoms with Gasteiger partial charge >= 0.3 is 0 Å². The van der Waals surface area contributed by atoms with Gasteiger partial charge in [0.25, 0.3) is 0 Å². The van der Waals surface area contributed by atoms with Gasteiger partial charge in [0.15, 0.2) is 0 Å². The highest BCUT2D eigenvalue weighted by atomic mass is 16.5. The highest BCUT2D eigenvalue weighted by molar-refractivity contribution is 5.49. The van der Waals surface area contributed by atoms with Crippen molar-refractivity contribution in [2.75, 3.05) is 44.7 Å². The lowest BCUT2D eigenvalue weighted by Crippen LogP contribution is -2.44. The first kappa shape index (κ1) is 13.3. The Kier molecular flexibility index (Phi) is 3.08. The van der Waals surface area contributed by atoms with Crippen LogP contribution >= 0.6 is 0 Å². The Balaban J connectivity index is 1.53. The van der Waals surface area contributed by atoms with Gasteiger partial charge in [-0.2, -0.15) is 0 Å². The van der Waals surface area contributed by atoms with E-state index in [4.69, 9.17) is 4.74 Å². The van der Waals surface area contributed by atoms with Crippen LogP contribution in [0.4, 0.5) is 5.82 Å². The number of hydrogen-bond acceptors (Lipinski definition) is 5. The summed E-state index contributed by atoms with van der Waals surface area (Å²) in [6.45, 7) is 7.53. The van der Waals surface area contributed by atoms with Crippen molar-refractivity contribution in [3.63, 3.8) is 0 Å². The third kappa shape index (κ3) is 2.38. The molecule has 5 heteroatoms. The number of nitrogens with zero attached hydrogens (tertiary/aromatic N) is 3. The summed E-state index contributed by atoms with van der Waals surface area (Å²) in [4.78, 5) is 9.39. The number of likely N-dealkylation sites (N-methyl/N-ethyl adjacent to an activating group) is 1. The second-order valence-corrected chi connectivity index (χ2v) is 6.89. The van der Waals surface area contributed by atoms with E-state index < -0.39 is 0 Å². The van der Waals surface area contributed by atoms with Crippen LogP contribution in [-0.2, 0) is 6.42 Å². The molecule has 5 nitrogen and oxygen atoms in total. The number of fused-ring (bicyclic) bond motifs is 1. The molecule has 1 spiro atoms. The minimum Gasteiger partial charge on any atom is -0.484 e. The number of piperazine rings is 1. The average Bonchev–Trinajstić information content (AvgIpc) is 3.01. The number of anilines is 1. The lowest BCUT2D eigenvalue weighted by atomic mass is 9.95. The fourth-order valence-electron chi connectivity index (χ4n) is 3.80. The molecule has 114 valence electrons. The maximum atomic E-state index is 6.23. The second kappa shape index (κ2) is 4.85. The molecule has 0 saturated carbocycles. The molecular formula is C16H24N4O. The standard InChI is InChI=1S/C16H24N4O/c1-12-8-16(11-18-12)9-13-7-15(17-10-14(13)21-16)20-5-3-19(2)4-6-20/h7,10,12,18H,3-6,8-9,11H2,1-2H3/t12-,16-/m0/s1. The van der Waals surface area contributed by atoms with Gasteiger partial charge < -0.3 is 19.9 Å². The van der Waals surface area contributed by atoms with E-state index in [9.17, 15) is 0 Å². The molecule has 1 aromatic heterocycles. The van der Waals surface area contributed by atoms with Gasteiger partial charge in [-0.3, -0.25) is 0 Å². The predicted molar refractivity (Wildman–Crippen MR) is 83.1 cm³/mol. The van der Waals surface area contributed by atoms with Crippen molar-refractivity contribution in [2.24, 2.45) is 0 Å². The molecule has 21 heavy (non-hydrogen) atoms. The van der Waals surface area contributed by atoms with E-state index in [0.717, 1.165) is 57.1 Å². The Morgan fingerprint density at radius 1 is 1.33 bits per heavy atom. The number of rotatable bonds is 1. The van der Waals surface area contributed by atoms with E-state index >= 15 is 0 Å². The smallest absolute Gasteiger partial charge is 0.142 e. The summed E-state index contributed by atoms with van der Waals surface area (Å²) in [5, 5.41) is 3.51. The van der Waals surface area contributed by atoms with Crippen molar-refractivity contribution in [1.29, 1.82) is 0 Å². The minimum atomic E-state index is -0.0236. The molecule has 4 rings (SSSR count). The third-order valence-corrected chi connectivity index (χ3v) is 5.05. The first-order valence-electron chi connectivity index (χ1n) is 7.98. The molecule has 0 amide bonds. The van der Waals surface area contributed by atoms with E-state index in [1.165, 1.54) is 5.56 Å². The molecule has 1 N–H and O–H groups in total. The summed E-state index contributed by atoms with van der Waals surface area (Å²) in [5.74, 6) is 2.10. The molecule has 0 bridgehead atoms. The molecule has 0 aromatic carbocycles. The zero-order valence-corrected chi connectivity index (χ0v) is 12.9. The van der Waals surface area contributed by atoms with Gasteiger partial charge in [-0.05, 0) is 20.0 Å². The van der Waals surface area contributed by atoms with Crippen LogP contribution in [-0.4, -0.2) is 61.3 Å². The highest BCUT2D eigenvalue weighted by Crippen LogP contribution is 2.40. The van der Waals surface area contributed by atoms with Crippen LogP contribution in [0.2, 0.25) is 0 Å². The molecule has 1 aromatic rings. The SMILES string of the molecule is C[C@H]1C[C@@]2(CN1)Cc1cc(N3CCN(C)CC3)ncc1O2. The van der Waals surface area contributed by atoms with Gasteiger partial charge in [-0.15, -0.1) is 0 Å². The van der Waals surface area contributed by atoms with Crippen LogP contribution in [0.5, 0.6) is 5.75 Å². The first-order valence-corrected chi connectivity index (χ1v) is 7.98. The van der Waals surface area contributed by atoms with Crippen LogP contribution in [0.3, 0.4) is 0 Å².